The molecule has 1 saturated heterocycles. The van der Waals surface area contributed by atoms with Crippen LogP contribution in [0.4, 0.5) is 0 Å². The van der Waals surface area contributed by atoms with Gasteiger partial charge in [-0.15, -0.1) is 0 Å². The lowest BCUT2D eigenvalue weighted by atomic mass is 9.91. The van der Waals surface area contributed by atoms with E-state index in [0.29, 0.717) is 6.54 Å². The summed E-state index contributed by atoms with van der Waals surface area (Å²) in [6, 6.07) is 20.3. The molecule has 0 unspecified atom stereocenters. The van der Waals surface area contributed by atoms with E-state index in [0.717, 1.165) is 11.8 Å². The number of hydrogen-bond acceptors (Lipinski definition) is 3. The molecule has 1 aliphatic heterocycles. The number of hydroxylamine groups is 2. The average Bonchev–Trinajstić information content (AvgIpc) is 2.84. The monoisotopic (exact) mass is 281 g/mol. The van der Waals surface area contributed by atoms with Crippen LogP contribution in [0.5, 0.6) is 0 Å². The molecule has 0 spiro atoms. The Bertz CT molecular complexity index is 585. The number of hydrogen-bond donors (Lipinski definition) is 0. The molecular formula is C18H19NO2. The summed E-state index contributed by atoms with van der Waals surface area (Å²) in [6.07, 6.45) is 0.921. The van der Waals surface area contributed by atoms with Gasteiger partial charge in [0.25, 0.3) is 0 Å². The van der Waals surface area contributed by atoms with Crippen LogP contribution in [0.1, 0.15) is 24.1 Å². The molecule has 1 aliphatic rings. The van der Waals surface area contributed by atoms with Gasteiger partial charge in [-0.2, -0.15) is 5.06 Å². The van der Waals surface area contributed by atoms with E-state index in [-0.39, 0.29) is 18.1 Å². The molecule has 0 aliphatic carbocycles. The Morgan fingerprint density at radius 1 is 1.05 bits per heavy atom. The first kappa shape index (κ1) is 14.0. The second-order valence-electron chi connectivity index (χ2n) is 5.44. The average molecular weight is 281 g/mol. The van der Waals surface area contributed by atoms with Crippen molar-refractivity contribution in [2.75, 3.05) is 0 Å². The highest BCUT2D eigenvalue weighted by Crippen LogP contribution is 2.38. The third kappa shape index (κ3) is 2.89. The van der Waals surface area contributed by atoms with Gasteiger partial charge < -0.3 is 4.79 Å². The van der Waals surface area contributed by atoms with Crippen molar-refractivity contribution < 1.29 is 9.63 Å². The van der Waals surface area contributed by atoms with Crippen molar-refractivity contribution in [1.82, 2.24) is 5.06 Å². The van der Waals surface area contributed by atoms with Crippen molar-refractivity contribution in [3.63, 3.8) is 0 Å². The molecule has 0 aromatic heterocycles. The highest BCUT2D eigenvalue weighted by Gasteiger charge is 2.41. The van der Waals surface area contributed by atoms with Crippen molar-refractivity contribution in [2.24, 2.45) is 5.92 Å². The van der Waals surface area contributed by atoms with E-state index in [1.54, 1.807) is 0 Å². The maximum atomic E-state index is 11.5. The number of rotatable bonds is 4. The van der Waals surface area contributed by atoms with Crippen LogP contribution in [0.25, 0.3) is 0 Å². The van der Waals surface area contributed by atoms with Gasteiger partial charge in [0.1, 0.15) is 6.29 Å². The topological polar surface area (TPSA) is 29.5 Å². The minimum absolute atomic E-state index is 0.0288. The summed E-state index contributed by atoms with van der Waals surface area (Å²) in [5.41, 5.74) is 2.30. The largest absolute Gasteiger partial charge is 0.303 e. The van der Waals surface area contributed by atoms with Gasteiger partial charge in [0, 0.05) is 6.54 Å². The number of carbonyl (C=O) groups excluding carboxylic acids is 1. The molecule has 2 aromatic carbocycles. The fourth-order valence-electron chi connectivity index (χ4n) is 2.92. The molecule has 3 heteroatoms. The molecular weight excluding hydrogens is 262 g/mol. The predicted molar refractivity (Wildman–Crippen MR) is 81.3 cm³/mol. The van der Waals surface area contributed by atoms with Crippen LogP contribution in [-0.4, -0.2) is 17.5 Å². The smallest absolute Gasteiger partial charge is 0.127 e. The predicted octanol–water partition coefficient (Wildman–Crippen LogP) is 3.38. The van der Waals surface area contributed by atoms with Crippen LogP contribution < -0.4 is 0 Å². The Kier molecular flexibility index (Phi) is 4.13. The van der Waals surface area contributed by atoms with Gasteiger partial charge >= 0.3 is 0 Å². The third-order valence-corrected chi connectivity index (χ3v) is 4.00. The van der Waals surface area contributed by atoms with Gasteiger partial charge in [0.05, 0.1) is 18.1 Å². The van der Waals surface area contributed by atoms with Crippen LogP contribution in [0.3, 0.4) is 0 Å². The van der Waals surface area contributed by atoms with Crippen molar-refractivity contribution >= 4 is 6.29 Å². The van der Waals surface area contributed by atoms with E-state index in [4.69, 9.17) is 4.84 Å². The lowest BCUT2D eigenvalue weighted by Gasteiger charge is -2.24. The Morgan fingerprint density at radius 3 is 2.29 bits per heavy atom. The van der Waals surface area contributed by atoms with Crippen LogP contribution in [0.15, 0.2) is 60.7 Å². The van der Waals surface area contributed by atoms with E-state index in [1.807, 2.05) is 48.4 Å². The highest BCUT2D eigenvalue weighted by atomic mass is 16.7. The molecule has 0 saturated carbocycles. The molecule has 0 amide bonds. The summed E-state index contributed by atoms with van der Waals surface area (Å²) in [6.45, 7) is 2.63. The van der Waals surface area contributed by atoms with Crippen molar-refractivity contribution in [1.29, 1.82) is 0 Å². The van der Waals surface area contributed by atoms with Gasteiger partial charge in [-0.3, -0.25) is 4.84 Å². The lowest BCUT2D eigenvalue weighted by Crippen LogP contribution is -2.24. The van der Waals surface area contributed by atoms with E-state index in [1.165, 1.54) is 5.56 Å². The zero-order valence-electron chi connectivity index (χ0n) is 12.1. The first-order valence-electron chi connectivity index (χ1n) is 7.27. The van der Waals surface area contributed by atoms with Gasteiger partial charge in [0.15, 0.2) is 0 Å². The summed E-state index contributed by atoms with van der Waals surface area (Å²) in [4.78, 5) is 17.4. The van der Waals surface area contributed by atoms with E-state index in [2.05, 4.69) is 24.3 Å². The third-order valence-electron chi connectivity index (χ3n) is 4.00. The van der Waals surface area contributed by atoms with Crippen molar-refractivity contribution in [3.05, 3.63) is 71.8 Å². The maximum Gasteiger partial charge on any atom is 0.127 e. The Balaban J connectivity index is 1.89. The maximum absolute atomic E-state index is 11.5. The SMILES string of the molecule is C[C@H]1ON(Cc2ccccc2)[C@H](c2ccccc2)[C@@H]1C=O. The molecule has 108 valence electrons. The number of benzene rings is 2. The highest BCUT2D eigenvalue weighted by molar-refractivity contribution is 5.57. The minimum Gasteiger partial charge on any atom is -0.303 e. The quantitative estimate of drug-likeness (QED) is 0.805. The van der Waals surface area contributed by atoms with Gasteiger partial charge in [-0.25, -0.2) is 0 Å². The van der Waals surface area contributed by atoms with Crippen molar-refractivity contribution in [2.45, 2.75) is 25.6 Å². The molecule has 21 heavy (non-hydrogen) atoms. The first-order valence-corrected chi connectivity index (χ1v) is 7.27. The number of nitrogens with zero attached hydrogens (tertiary/aromatic N) is 1. The zero-order chi connectivity index (χ0) is 14.7. The minimum atomic E-state index is -0.142. The number of aldehydes is 1. The van der Waals surface area contributed by atoms with Crippen LogP contribution in [0, 0.1) is 5.92 Å². The second-order valence-corrected chi connectivity index (χ2v) is 5.44. The van der Waals surface area contributed by atoms with E-state index >= 15 is 0 Å². The normalized spacial score (nSPS) is 25.9. The fraction of sp³-hybridized carbons (Fsp3) is 0.278. The van der Waals surface area contributed by atoms with E-state index in [9.17, 15) is 4.79 Å². The van der Waals surface area contributed by atoms with Crippen LogP contribution in [-0.2, 0) is 16.2 Å². The van der Waals surface area contributed by atoms with Gasteiger partial charge in [-0.1, -0.05) is 60.7 Å². The molecule has 3 rings (SSSR count). The molecule has 1 fully saturated rings. The molecule has 2 aromatic rings. The zero-order valence-corrected chi connectivity index (χ0v) is 12.1. The first-order chi connectivity index (χ1) is 10.3. The summed E-state index contributed by atoms with van der Waals surface area (Å²) < 4.78 is 0. The molecule has 3 atom stereocenters. The summed E-state index contributed by atoms with van der Waals surface area (Å²) in [7, 11) is 0. The Labute approximate surface area is 125 Å². The molecule has 0 N–H and O–H groups in total. The molecule has 1 heterocycles. The Hall–Kier alpha value is -1.97. The fourth-order valence-corrected chi connectivity index (χ4v) is 2.92. The second kappa shape index (κ2) is 6.20. The summed E-state index contributed by atoms with van der Waals surface area (Å²) >= 11 is 0. The summed E-state index contributed by atoms with van der Waals surface area (Å²) in [5.74, 6) is -0.142. The molecule has 3 nitrogen and oxygen atoms in total. The van der Waals surface area contributed by atoms with Crippen molar-refractivity contribution in [3.8, 4) is 0 Å². The molecule has 0 radical (unpaired) electrons. The standard InChI is InChI=1S/C18H19NO2/c1-14-17(13-20)18(16-10-6-3-7-11-16)19(21-14)12-15-8-4-2-5-9-15/h2-11,13-14,17-18H,12H2,1H3/t14-,17-,18-/m1/s1. The lowest BCUT2D eigenvalue weighted by molar-refractivity contribution is -0.166. The van der Waals surface area contributed by atoms with Crippen LogP contribution >= 0.6 is 0 Å². The molecule has 0 bridgehead atoms. The number of carbonyl (C=O) groups is 1. The van der Waals surface area contributed by atoms with E-state index < -0.39 is 0 Å². The van der Waals surface area contributed by atoms with Crippen LogP contribution in [0.2, 0.25) is 0 Å². The van der Waals surface area contributed by atoms with Gasteiger partial charge in [0.2, 0.25) is 0 Å². The van der Waals surface area contributed by atoms with Gasteiger partial charge in [-0.05, 0) is 18.1 Å². The summed E-state index contributed by atoms with van der Waals surface area (Å²) in [5, 5.41) is 1.94. The Morgan fingerprint density at radius 2 is 1.67 bits per heavy atom.